The Kier molecular flexibility index (Phi) is 5.91. The van der Waals surface area contributed by atoms with Gasteiger partial charge in [-0.25, -0.2) is 4.39 Å². The van der Waals surface area contributed by atoms with Crippen molar-refractivity contribution in [3.05, 3.63) is 35.6 Å². The molecule has 1 amide bonds. The summed E-state index contributed by atoms with van der Waals surface area (Å²) in [5.74, 6) is -0.260. The zero-order valence-electron chi connectivity index (χ0n) is 13.5. The van der Waals surface area contributed by atoms with Gasteiger partial charge in [-0.1, -0.05) is 24.6 Å². The van der Waals surface area contributed by atoms with Gasteiger partial charge in [0, 0.05) is 31.2 Å². The van der Waals surface area contributed by atoms with E-state index >= 15 is 0 Å². The molecule has 0 saturated carbocycles. The Morgan fingerprint density at radius 2 is 2.18 bits per heavy atom. The van der Waals surface area contributed by atoms with Crippen molar-refractivity contribution in [1.29, 1.82) is 0 Å². The van der Waals surface area contributed by atoms with Crippen molar-refractivity contribution in [3.63, 3.8) is 0 Å². The summed E-state index contributed by atoms with van der Waals surface area (Å²) in [5.41, 5.74) is 6.58. The Morgan fingerprint density at radius 3 is 2.86 bits per heavy atom. The van der Waals surface area contributed by atoms with Crippen molar-refractivity contribution in [2.24, 2.45) is 5.73 Å². The maximum Gasteiger partial charge on any atom is 0.236 e. The van der Waals surface area contributed by atoms with Gasteiger partial charge in [0.1, 0.15) is 5.82 Å². The maximum absolute atomic E-state index is 13.7. The fourth-order valence-electron chi connectivity index (χ4n) is 3.07. The number of nitrogens with zero attached hydrogens (tertiary/aromatic N) is 2. The van der Waals surface area contributed by atoms with E-state index in [-0.39, 0.29) is 23.8 Å². The second-order valence-corrected chi connectivity index (χ2v) is 6.23. The van der Waals surface area contributed by atoms with E-state index in [0.29, 0.717) is 18.7 Å². The fourth-order valence-corrected chi connectivity index (χ4v) is 3.07. The SMILES string of the molecule is CC(N)C1CCCCN1CC(=O)N(C)Cc1ccccc1F. The molecule has 122 valence electrons. The molecule has 1 fully saturated rings. The van der Waals surface area contributed by atoms with Crippen LogP contribution in [0.1, 0.15) is 31.7 Å². The summed E-state index contributed by atoms with van der Waals surface area (Å²) in [5, 5.41) is 0. The van der Waals surface area contributed by atoms with E-state index in [2.05, 4.69) is 4.90 Å². The number of hydrogen-bond acceptors (Lipinski definition) is 3. The third-order valence-electron chi connectivity index (χ3n) is 4.40. The van der Waals surface area contributed by atoms with Crippen molar-refractivity contribution >= 4 is 5.91 Å². The first kappa shape index (κ1) is 16.9. The van der Waals surface area contributed by atoms with Crippen molar-refractivity contribution in [2.45, 2.75) is 44.8 Å². The monoisotopic (exact) mass is 307 g/mol. The normalized spacial score (nSPS) is 20.6. The molecule has 1 saturated heterocycles. The third kappa shape index (κ3) is 4.27. The van der Waals surface area contributed by atoms with E-state index in [1.807, 2.05) is 6.92 Å². The Hall–Kier alpha value is -1.46. The molecule has 1 aromatic rings. The van der Waals surface area contributed by atoms with Crippen LogP contribution in [0.3, 0.4) is 0 Å². The minimum absolute atomic E-state index is 0.0100. The summed E-state index contributed by atoms with van der Waals surface area (Å²) in [6.07, 6.45) is 3.32. The molecular weight excluding hydrogens is 281 g/mol. The lowest BCUT2D eigenvalue weighted by Gasteiger charge is -2.38. The highest BCUT2D eigenvalue weighted by Gasteiger charge is 2.27. The number of benzene rings is 1. The molecule has 1 heterocycles. The summed E-state index contributed by atoms with van der Waals surface area (Å²) in [7, 11) is 1.72. The number of rotatable bonds is 5. The molecule has 0 spiro atoms. The van der Waals surface area contributed by atoms with Crippen molar-refractivity contribution in [2.75, 3.05) is 20.1 Å². The first-order valence-electron chi connectivity index (χ1n) is 7.96. The molecule has 1 aliphatic heterocycles. The second kappa shape index (κ2) is 7.70. The van der Waals surface area contributed by atoms with Crippen LogP contribution >= 0.6 is 0 Å². The van der Waals surface area contributed by atoms with E-state index in [0.717, 1.165) is 19.4 Å². The lowest BCUT2D eigenvalue weighted by atomic mass is 9.97. The number of halogens is 1. The third-order valence-corrected chi connectivity index (χ3v) is 4.40. The molecule has 22 heavy (non-hydrogen) atoms. The average molecular weight is 307 g/mol. The van der Waals surface area contributed by atoms with Crippen LogP contribution in [0.15, 0.2) is 24.3 Å². The van der Waals surface area contributed by atoms with Gasteiger partial charge in [-0.3, -0.25) is 9.69 Å². The van der Waals surface area contributed by atoms with Gasteiger partial charge < -0.3 is 10.6 Å². The molecule has 0 bridgehead atoms. The molecule has 5 heteroatoms. The number of carbonyl (C=O) groups excluding carboxylic acids is 1. The van der Waals surface area contributed by atoms with Gasteiger partial charge in [-0.2, -0.15) is 0 Å². The van der Waals surface area contributed by atoms with Crippen LogP contribution in [0.5, 0.6) is 0 Å². The van der Waals surface area contributed by atoms with Gasteiger partial charge in [0.15, 0.2) is 0 Å². The van der Waals surface area contributed by atoms with E-state index < -0.39 is 0 Å². The van der Waals surface area contributed by atoms with Gasteiger partial charge in [0.25, 0.3) is 0 Å². The lowest BCUT2D eigenvalue weighted by molar-refractivity contribution is -0.132. The fraction of sp³-hybridized carbons (Fsp3) is 0.588. The predicted octanol–water partition coefficient (Wildman–Crippen LogP) is 1.99. The number of piperidine rings is 1. The zero-order valence-corrected chi connectivity index (χ0v) is 13.5. The topological polar surface area (TPSA) is 49.6 Å². The number of likely N-dealkylation sites (tertiary alicyclic amines) is 1. The van der Waals surface area contributed by atoms with Crippen LogP contribution < -0.4 is 5.73 Å². The summed E-state index contributed by atoms with van der Waals surface area (Å²) in [6, 6.07) is 6.90. The molecule has 0 aromatic heterocycles. The Balaban J connectivity index is 1.94. The lowest BCUT2D eigenvalue weighted by Crippen LogP contribution is -2.52. The molecule has 1 aliphatic rings. The Morgan fingerprint density at radius 1 is 1.45 bits per heavy atom. The van der Waals surface area contributed by atoms with Crippen LogP contribution in [0.25, 0.3) is 0 Å². The molecule has 2 atom stereocenters. The van der Waals surface area contributed by atoms with Crippen LogP contribution in [0, 0.1) is 5.82 Å². The first-order chi connectivity index (χ1) is 10.5. The number of likely N-dealkylation sites (N-methyl/N-ethyl adjacent to an activating group) is 1. The van der Waals surface area contributed by atoms with Gasteiger partial charge in [0.05, 0.1) is 6.54 Å². The number of nitrogens with two attached hydrogens (primary N) is 1. The number of carbonyl (C=O) groups is 1. The van der Waals surface area contributed by atoms with Crippen LogP contribution in [-0.4, -0.2) is 47.9 Å². The first-order valence-corrected chi connectivity index (χ1v) is 7.96. The predicted molar refractivity (Wildman–Crippen MR) is 85.7 cm³/mol. The highest BCUT2D eigenvalue weighted by atomic mass is 19.1. The maximum atomic E-state index is 13.7. The molecule has 2 unspecified atom stereocenters. The molecule has 0 radical (unpaired) electrons. The number of amides is 1. The zero-order chi connectivity index (χ0) is 16.1. The van der Waals surface area contributed by atoms with Gasteiger partial charge in [0.2, 0.25) is 5.91 Å². The van der Waals surface area contributed by atoms with Crippen LogP contribution in [0.4, 0.5) is 4.39 Å². The van der Waals surface area contributed by atoms with Crippen molar-refractivity contribution in [1.82, 2.24) is 9.80 Å². The summed E-state index contributed by atoms with van der Waals surface area (Å²) in [6.45, 7) is 3.56. The quantitative estimate of drug-likeness (QED) is 0.905. The molecular formula is C17H26FN3O. The van der Waals surface area contributed by atoms with Crippen LogP contribution in [0.2, 0.25) is 0 Å². The summed E-state index contributed by atoms with van der Waals surface area (Å²) < 4.78 is 13.7. The summed E-state index contributed by atoms with van der Waals surface area (Å²) in [4.78, 5) is 16.2. The van der Waals surface area contributed by atoms with Crippen molar-refractivity contribution < 1.29 is 9.18 Å². The van der Waals surface area contributed by atoms with E-state index in [4.69, 9.17) is 5.73 Å². The van der Waals surface area contributed by atoms with E-state index in [1.54, 1.807) is 30.1 Å². The molecule has 4 nitrogen and oxygen atoms in total. The second-order valence-electron chi connectivity index (χ2n) is 6.23. The Labute approximate surface area is 132 Å². The molecule has 1 aromatic carbocycles. The smallest absolute Gasteiger partial charge is 0.236 e. The molecule has 0 aliphatic carbocycles. The minimum atomic E-state index is -0.270. The molecule has 2 N–H and O–H groups in total. The number of hydrogen-bond donors (Lipinski definition) is 1. The van der Waals surface area contributed by atoms with E-state index in [1.165, 1.54) is 12.5 Å². The summed E-state index contributed by atoms with van der Waals surface area (Å²) >= 11 is 0. The standard InChI is InChI=1S/C17H26FN3O/c1-13(19)16-9-5-6-10-21(16)12-17(22)20(2)11-14-7-3-4-8-15(14)18/h3-4,7-8,13,16H,5-6,9-12,19H2,1-2H3. The Bertz CT molecular complexity index is 506. The van der Waals surface area contributed by atoms with Crippen molar-refractivity contribution in [3.8, 4) is 0 Å². The van der Waals surface area contributed by atoms with Gasteiger partial charge in [-0.05, 0) is 32.4 Å². The average Bonchev–Trinajstić information content (AvgIpc) is 2.49. The minimum Gasteiger partial charge on any atom is -0.340 e. The van der Waals surface area contributed by atoms with Crippen LogP contribution in [-0.2, 0) is 11.3 Å². The highest BCUT2D eigenvalue weighted by molar-refractivity contribution is 5.78. The highest BCUT2D eigenvalue weighted by Crippen LogP contribution is 2.19. The van der Waals surface area contributed by atoms with Gasteiger partial charge in [-0.15, -0.1) is 0 Å². The molecule has 2 rings (SSSR count). The van der Waals surface area contributed by atoms with Gasteiger partial charge >= 0.3 is 0 Å². The van der Waals surface area contributed by atoms with E-state index in [9.17, 15) is 9.18 Å². The largest absolute Gasteiger partial charge is 0.340 e.